The summed E-state index contributed by atoms with van der Waals surface area (Å²) in [6, 6.07) is 12.0. The fourth-order valence-electron chi connectivity index (χ4n) is 2.89. The molecule has 0 radical (unpaired) electrons. The lowest BCUT2D eigenvalue weighted by Crippen LogP contribution is -2.21. The molecule has 0 bridgehead atoms. The van der Waals surface area contributed by atoms with Crippen LogP contribution < -0.4 is 11.1 Å². The van der Waals surface area contributed by atoms with Crippen LogP contribution in [0.4, 0.5) is 4.39 Å². The average molecular weight is 440 g/mol. The molecule has 0 spiro atoms. The summed E-state index contributed by atoms with van der Waals surface area (Å²) in [7, 11) is 0. The van der Waals surface area contributed by atoms with Crippen molar-refractivity contribution in [2.45, 2.75) is 25.9 Å². The highest BCUT2D eigenvalue weighted by molar-refractivity contribution is 9.11. The Kier molecular flexibility index (Phi) is 6.95. The number of nitrogens with two attached hydrogens (primary N) is 1. The molecule has 28 heavy (non-hydrogen) atoms. The molecule has 3 nitrogen and oxygen atoms in total. The minimum Gasteiger partial charge on any atom is -0.380 e. The first-order valence-corrected chi connectivity index (χ1v) is 9.93. The lowest BCUT2D eigenvalue weighted by atomic mass is 10.1. The molecule has 1 aromatic carbocycles. The van der Waals surface area contributed by atoms with Gasteiger partial charge in [-0.05, 0) is 37.1 Å². The monoisotopic (exact) mass is 439 g/mol. The van der Waals surface area contributed by atoms with Crippen molar-refractivity contribution in [3.63, 3.8) is 0 Å². The first kappa shape index (κ1) is 20.2. The van der Waals surface area contributed by atoms with E-state index in [1.807, 2.05) is 24.3 Å². The van der Waals surface area contributed by atoms with E-state index in [4.69, 9.17) is 5.73 Å². The Morgan fingerprint density at radius 3 is 2.75 bits per heavy atom. The summed E-state index contributed by atoms with van der Waals surface area (Å²) in [6.45, 7) is 2.44. The number of allylic oxidation sites excluding steroid dienone is 5. The second-order valence-electron chi connectivity index (χ2n) is 6.64. The van der Waals surface area contributed by atoms with Gasteiger partial charge in [0.05, 0.1) is 17.4 Å². The Morgan fingerprint density at radius 2 is 2.00 bits per heavy atom. The molecule has 5 heteroatoms. The maximum absolute atomic E-state index is 14.1. The number of hydrogen-bond acceptors (Lipinski definition) is 3. The van der Waals surface area contributed by atoms with Crippen LogP contribution in [0.2, 0.25) is 0 Å². The van der Waals surface area contributed by atoms with Gasteiger partial charge < -0.3 is 11.1 Å². The van der Waals surface area contributed by atoms with Gasteiger partial charge in [-0.3, -0.25) is 4.98 Å². The number of halogens is 2. The van der Waals surface area contributed by atoms with Crippen LogP contribution in [0.15, 0.2) is 94.3 Å². The standard InChI is InChI=1S/C23H23BrFN3/c1-16-7-6-9-17(13-12-16)23(28-15-18-8-2-3-10-19(18)25)21(24)22(26)20-11-4-5-14-27-20/h2-6,8-14,22,28H,7,15,26H2,1H3/b23-21+. The van der Waals surface area contributed by atoms with Crippen molar-refractivity contribution in [2.75, 3.05) is 0 Å². The molecular formula is C23H23BrFN3. The maximum Gasteiger partial charge on any atom is 0.128 e. The second kappa shape index (κ2) is 9.62. The summed E-state index contributed by atoms with van der Waals surface area (Å²) in [4.78, 5) is 4.36. The molecule has 0 saturated carbocycles. The van der Waals surface area contributed by atoms with E-state index in [0.29, 0.717) is 12.1 Å². The van der Waals surface area contributed by atoms with Crippen LogP contribution in [0.3, 0.4) is 0 Å². The van der Waals surface area contributed by atoms with Crippen molar-refractivity contribution in [2.24, 2.45) is 5.73 Å². The normalized spacial score (nSPS) is 15.9. The zero-order valence-electron chi connectivity index (χ0n) is 15.7. The maximum atomic E-state index is 14.1. The van der Waals surface area contributed by atoms with Crippen molar-refractivity contribution in [3.8, 4) is 0 Å². The topological polar surface area (TPSA) is 50.9 Å². The summed E-state index contributed by atoms with van der Waals surface area (Å²) >= 11 is 3.68. The van der Waals surface area contributed by atoms with E-state index in [9.17, 15) is 4.39 Å². The summed E-state index contributed by atoms with van der Waals surface area (Å²) < 4.78 is 14.9. The van der Waals surface area contributed by atoms with Gasteiger partial charge in [0, 0.05) is 22.8 Å². The van der Waals surface area contributed by atoms with Gasteiger partial charge in [0.1, 0.15) is 5.82 Å². The second-order valence-corrected chi connectivity index (χ2v) is 7.50. The van der Waals surface area contributed by atoms with E-state index in [-0.39, 0.29) is 5.82 Å². The van der Waals surface area contributed by atoms with Crippen LogP contribution in [-0.4, -0.2) is 4.98 Å². The Labute approximate surface area is 173 Å². The van der Waals surface area contributed by atoms with Crippen molar-refractivity contribution < 1.29 is 4.39 Å². The fourth-order valence-corrected chi connectivity index (χ4v) is 3.49. The molecule has 1 aliphatic carbocycles. The van der Waals surface area contributed by atoms with E-state index < -0.39 is 6.04 Å². The molecule has 2 aromatic rings. The van der Waals surface area contributed by atoms with Crippen LogP contribution >= 0.6 is 15.9 Å². The first-order valence-electron chi connectivity index (χ1n) is 9.14. The van der Waals surface area contributed by atoms with Gasteiger partial charge in [-0.15, -0.1) is 0 Å². The molecule has 0 amide bonds. The summed E-state index contributed by atoms with van der Waals surface area (Å²) in [5.41, 5.74) is 10.9. The predicted molar refractivity (Wildman–Crippen MR) is 116 cm³/mol. The number of nitrogens with zero attached hydrogens (tertiary/aromatic N) is 1. The predicted octanol–water partition coefficient (Wildman–Crippen LogP) is 5.45. The number of pyridine rings is 1. The number of hydrogen-bond donors (Lipinski definition) is 2. The summed E-state index contributed by atoms with van der Waals surface area (Å²) in [6.07, 6.45) is 10.9. The molecule has 1 heterocycles. The van der Waals surface area contributed by atoms with E-state index in [2.05, 4.69) is 57.5 Å². The third-order valence-electron chi connectivity index (χ3n) is 4.51. The number of nitrogens with one attached hydrogen (secondary N) is 1. The molecule has 144 valence electrons. The lowest BCUT2D eigenvalue weighted by Gasteiger charge is -2.19. The summed E-state index contributed by atoms with van der Waals surface area (Å²) in [5, 5.41) is 3.38. The average Bonchev–Trinajstić information content (AvgIpc) is 2.94. The Morgan fingerprint density at radius 1 is 1.21 bits per heavy atom. The van der Waals surface area contributed by atoms with Gasteiger partial charge in [-0.2, -0.15) is 0 Å². The van der Waals surface area contributed by atoms with E-state index in [1.165, 1.54) is 11.6 Å². The molecule has 0 saturated heterocycles. The van der Waals surface area contributed by atoms with Gasteiger partial charge in [-0.1, -0.05) is 70.1 Å². The minimum atomic E-state index is -0.438. The lowest BCUT2D eigenvalue weighted by molar-refractivity contribution is 0.601. The van der Waals surface area contributed by atoms with E-state index >= 15 is 0 Å². The molecular weight excluding hydrogens is 417 g/mol. The van der Waals surface area contributed by atoms with Gasteiger partial charge in [0.25, 0.3) is 0 Å². The Balaban J connectivity index is 1.97. The zero-order chi connectivity index (χ0) is 19.9. The quantitative estimate of drug-likeness (QED) is 0.628. The van der Waals surface area contributed by atoms with Crippen LogP contribution in [0.1, 0.15) is 30.6 Å². The molecule has 0 fully saturated rings. The molecule has 0 aliphatic heterocycles. The van der Waals surface area contributed by atoms with E-state index in [1.54, 1.807) is 18.3 Å². The van der Waals surface area contributed by atoms with Crippen molar-refractivity contribution in [3.05, 3.63) is 111 Å². The van der Waals surface area contributed by atoms with E-state index in [0.717, 1.165) is 27.9 Å². The molecule has 3 N–H and O–H groups in total. The first-order chi connectivity index (χ1) is 13.6. The van der Waals surface area contributed by atoms with Crippen LogP contribution in [0, 0.1) is 5.82 Å². The zero-order valence-corrected chi connectivity index (χ0v) is 17.3. The molecule has 1 atom stereocenters. The van der Waals surface area contributed by atoms with Gasteiger partial charge in [0.2, 0.25) is 0 Å². The number of aromatic nitrogens is 1. The molecule has 3 rings (SSSR count). The number of benzene rings is 1. The number of rotatable bonds is 6. The SMILES string of the molecule is CC1=CC=C(/C(NCc2ccccc2F)=C(\Br)C(N)c2ccccn2)C=CC1. The largest absolute Gasteiger partial charge is 0.380 e. The highest BCUT2D eigenvalue weighted by Crippen LogP contribution is 2.30. The Hall–Kier alpha value is -2.50. The van der Waals surface area contributed by atoms with Crippen molar-refractivity contribution >= 4 is 15.9 Å². The third kappa shape index (κ3) is 5.06. The smallest absolute Gasteiger partial charge is 0.128 e. The van der Waals surface area contributed by atoms with Gasteiger partial charge >= 0.3 is 0 Å². The third-order valence-corrected chi connectivity index (χ3v) is 5.39. The fraction of sp³-hybridized carbons (Fsp3) is 0.174. The van der Waals surface area contributed by atoms with Gasteiger partial charge in [-0.25, -0.2) is 4.39 Å². The molecule has 1 unspecified atom stereocenters. The van der Waals surface area contributed by atoms with Crippen LogP contribution in [-0.2, 0) is 6.54 Å². The Bertz CT molecular complexity index is 945. The minimum absolute atomic E-state index is 0.236. The summed E-state index contributed by atoms with van der Waals surface area (Å²) in [5.74, 6) is -0.236. The highest BCUT2D eigenvalue weighted by Gasteiger charge is 2.18. The molecule has 1 aromatic heterocycles. The van der Waals surface area contributed by atoms with Crippen LogP contribution in [0.25, 0.3) is 0 Å². The van der Waals surface area contributed by atoms with Crippen molar-refractivity contribution in [1.29, 1.82) is 0 Å². The molecule has 1 aliphatic rings. The van der Waals surface area contributed by atoms with Crippen LogP contribution in [0.5, 0.6) is 0 Å². The van der Waals surface area contributed by atoms with Crippen molar-refractivity contribution in [1.82, 2.24) is 10.3 Å². The highest BCUT2D eigenvalue weighted by atomic mass is 79.9. The van der Waals surface area contributed by atoms with Gasteiger partial charge in [0.15, 0.2) is 0 Å².